The van der Waals surface area contributed by atoms with Crippen LogP contribution in [-0.2, 0) is 16.0 Å². The molecule has 1 saturated carbocycles. The number of hydrogen-bond acceptors (Lipinski definition) is 4. The molecule has 6 heteroatoms. The molecule has 1 amide bonds. The van der Waals surface area contributed by atoms with Crippen LogP contribution in [0, 0.1) is 5.92 Å². The lowest BCUT2D eigenvalue weighted by Crippen LogP contribution is -2.42. The van der Waals surface area contributed by atoms with Gasteiger partial charge in [-0.25, -0.2) is 9.59 Å². The molecule has 6 nitrogen and oxygen atoms in total. The Morgan fingerprint density at radius 1 is 0.872 bits per heavy atom. The molecular weight excluding hydrogens is 490 g/mol. The summed E-state index contributed by atoms with van der Waals surface area (Å²) < 4.78 is 11.4. The number of hydrogen-bond donors (Lipinski definition) is 2. The van der Waals surface area contributed by atoms with Crippen LogP contribution in [0.25, 0.3) is 11.1 Å². The average Bonchev–Trinajstić information content (AvgIpc) is 3.29. The third-order valence-corrected chi connectivity index (χ3v) is 8.05. The molecule has 1 fully saturated rings. The molecule has 0 heterocycles. The van der Waals surface area contributed by atoms with E-state index in [9.17, 15) is 14.7 Å². The first-order valence-corrected chi connectivity index (χ1v) is 14.1. The Kier molecular flexibility index (Phi) is 8.82. The van der Waals surface area contributed by atoms with Crippen LogP contribution < -0.4 is 10.1 Å². The normalized spacial score (nSPS) is 15.7. The van der Waals surface area contributed by atoms with Gasteiger partial charge in [0, 0.05) is 12.3 Å². The highest BCUT2D eigenvalue weighted by molar-refractivity contribution is 5.81. The largest absolute Gasteiger partial charge is 0.494 e. The van der Waals surface area contributed by atoms with Gasteiger partial charge in [0.25, 0.3) is 0 Å². The van der Waals surface area contributed by atoms with Crippen molar-refractivity contribution in [2.75, 3.05) is 13.2 Å². The van der Waals surface area contributed by atoms with Gasteiger partial charge in [0.1, 0.15) is 18.4 Å². The highest BCUT2D eigenvalue weighted by Crippen LogP contribution is 2.44. The first kappa shape index (κ1) is 26.8. The molecule has 3 aromatic carbocycles. The molecule has 204 valence electrons. The highest BCUT2D eigenvalue weighted by atomic mass is 16.5. The number of carboxylic acids is 1. The molecule has 2 aliphatic rings. The number of aliphatic carboxylic acids is 1. The lowest BCUT2D eigenvalue weighted by molar-refractivity contribution is -0.139. The molecule has 0 aromatic heterocycles. The zero-order chi connectivity index (χ0) is 27.0. The number of carbonyl (C=O) groups excluding carboxylic acids is 1. The van der Waals surface area contributed by atoms with Gasteiger partial charge < -0.3 is 19.9 Å². The minimum Gasteiger partial charge on any atom is -0.494 e. The van der Waals surface area contributed by atoms with Crippen molar-refractivity contribution in [3.05, 3.63) is 89.5 Å². The van der Waals surface area contributed by atoms with Gasteiger partial charge in [0.15, 0.2) is 0 Å². The van der Waals surface area contributed by atoms with Crippen LogP contribution in [0.1, 0.15) is 67.6 Å². The van der Waals surface area contributed by atoms with Gasteiger partial charge in [0.05, 0.1) is 6.61 Å². The molecule has 0 bridgehead atoms. The van der Waals surface area contributed by atoms with Crippen molar-refractivity contribution in [1.82, 2.24) is 5.32 Å². The standard InChI is InChI=1S/C33H37NO5/c35-32(36)31(21-24-16-18-25(19-17-24)38-20-8-11-23-9-2-1-3-10-23)34-33(37)39-22-30-28-14-6-4-12-26(28)27-13-5-7-15-29(27)30/h4-7,12-19,23,30-31H,1-3,8-11,20-22H2,(H,34,37)(H,35,36). The Bertz CT molecular complexity index is 1220. The summed E-state index contributed by atoms with van der Waals surface area (Å²) in [6.07, 6.45) is 8.50. The number of amides is 1. The fourth-order valence-electron chi connectivity index (χ4n) is 5.98. The Morgan fingerprint density at radius 3 is 2.15 bits per heavy atom. The summed E-state index contributed by atoms with van der Waals surface area (Å²) in [5.74, 6) is 0.439. The van der Waals surface area contributed by atoms with Crippen LogP contribution in [0.15, 0.2) is 72.8 Å². The van der Waals surface area contributed by atoms with Crippen molar-refractivity contribution >= 4 is 12.1 Å². The van der Waals surface area contributed by atoms with Gasteiger partial charge in [-0.3, -0.25) is 0 Å². The Hall–Kier alpha value is -3.80. The topological polar surface area (TPSA) is 84.9 Å². The average molecular weight is 528 g/mol. The molecule has 0 radical (unpaired) electrons. The van der Waals surface area contributed by atoms with E-state index in [1.165, 1.54) is 38.5 Å². The molecule has 39 heavy (non-hydrogen) atoms. The van der Waals surface area contributed by atoms with Crippen molar-refractivity contribution < 1.29 is 24.2 Å². The monoisotopic (exact) mass is 527 g/mol. The number of alkyl carbamates (subject to hydrolysis) is 1. The first-order valence-electron chi connectivity index (χ1n) is 14.1. The van der Waals surface area contributed by atoms with Crippen molar-refractivity contribution in [3.63, 3.8) is 0 Å². The maximum Gasteiger partial charge on any atom is 0.407 e. The molecule has 1 atom stereocenters. The van der Waals surface area contributed by atoms with Crippen LogP contribution in [0.3, 0.4) is 0 Å². The molecule has 3 aromatic rings. The van der Waals surface area contributed by atoms with Crippen LogP contribution in [0.4, 0.5) is 4.79 Å². The van der Waals surface area contributed by atoms with Crippen LogP contribution >= 0.6 is 0 Å². The second kappa shape index (κ2) is 12.8. The van der Waals surface area contributed by atoms with Gasteiger partial charge >= 0.3 is 12.1 Å². The van der Waals surface area contributed by atoms with Crippen molar-refractivity contribution in [2.24, 2.45) is 5.92 Å². The number of fused-ring (bicyclic) bond motifs is 3. The van der Waals surface area contributed by atoms with E-state index in [0.29, 0.717) is 6.61 Å². The Morgan fingerprint density at radius 2 is 1.51 bits per heavy atom. The minimum atomic E-state index is -1.11. The van der Waals surface area contributed by atoms with Crippen LogP contribution in [0.5, 0.6) is 5.75 Å². The van der Waals surface area contributed by atoms with Gasteiger partial charge in [-0.05, 0) is 58.7 Å². The molecule has 2 N–H and O–H groups in total. The summed E-state index contributed by atoms with van der Waals surface area (Å²) >= 11 is 0. The van der Waals surface area contributed by atoms with E-state index < -0.39 is 18.1 Å². The van der Waals surface area contributed by atoms with E-state index in [-0.39, 0.29) is 18.9 Å². The lowest BCUT2D eigenvalue weighted by Gasteiger charge is -2.21. The number of ether oxygens (including phenoxy) is 2. The molecule has 1 unspecified atom stereocenters. The fraction of sp³-hybridized carbons (Fsp3) is 0.394. The minimum absolute atomic E-state index is 0.0818. The maximum absolute atomic E-state index is 12.6. The SMILES string of the molecule is O=C(NC(Cc1ccc(OCCCC2CCCCC2)cc1)C(=O)O)OCC1c2ccccc2-c2ccccc21. The second-order valence-electron chi connectivity index (χ2n) is 10.7. The van der Waals surface area contributed by atoms with E-state index in [0.717, 1.165) is 45.9 Å². The molecule has 0 spiro atoms. The smallest absolute Gasteiger partial charge is 0.407 e. The summed E-state index contributed by atoms with van der Waals surface area (Å²) in [5.41, 5.74) is 5.30. The Balaban J connectivity index is 1.10. The van der Waals surface area contributed by atoms with Gasteiger partial charge in [-0.15, -0.1) is 0 Å². The number of rotatable bonds is 11. The third kappa shape index (κ3) is 6.80. The zero-order valence-electron chi connectivity index (χ0n) is 22.3. The van der Waals surface area contributed by atoms with E-state index in [1.54, 1.807) is 0 Å². The summed E-state index contributed by atoms with van der Waals surface area (Å²) in [5, 5.41) is 12.3. The number of carboxylic acid groups (broad SMARTS) is 1. The fourth-order valence-corrected chi connectivity index (χ4v) is 5.98. The van der Waals surface area contributed by atoms with E-state index in [2.05, 4.69) is 17.4 Å². The quantitative estimate of drug-likeness (QED) is 0.263. The Labute approximate surface area is 230 Å². The van der Waals surface area contributed by atoms with Crippen molar-refractivity contribution in [1.29, 1.82) is 0 Å². The second-order valence-corrected chi connectivity index (χ2v) is 10.7. The van der Waals surface area contributed by atoms with Crippen LogP contribution in [0.2, 0.25) is 0 Å². The van der Waals surface area contributed by atoms with Gasteiger partial charge in [-0.1, -0.05) is 92.8 Å². The predicted molar refractivity (Wildman–Crippen MR) is 151 cm³/mol. The molecule has 5 rings (SSSR count). The van der Waals surface area contributed by atoms with E-state index in [1.807, 2.05) is 60.7 Å². The molecule has 0 saturated heterocycles. The molecule has 2 aliphatic carbocycles. The van der Waals surface area contributed by atoms with E-state index >= 15 is 0 Å². The summed E-state index contributed by atoms with van der Waals surface area (Å²) in [4.78, 5) is 24.5. The van der Waals surface area contributed by atoms with Crippen molar-refractivity contribution in [2.45, 2.75) is 63.3 Å². The number of nitrogens with one attached hydrogen (secondary N) is 1. The predicted octanol–water partition coefficient (Wildman–Crippen LogP) is 6.96. The highest BCUT2D eigenvalue weighted by Gasteiger charge is 2.29. The van der Waals surface area contributed by atoms with Crippen molar-refractivity contribution in [3.8, 4) is 16.9 Å². The molecular formula is C33H37NO5. The summed E-state index contributed by atoms with van der Waals surface area (Å²) in [6.45, 7) is 0.829. The van der Waals surface area contributed by atoms with Gasteiger partial charge in [0.2, 0.25) is 0 Å². The van der Waals surface area contributed by atoms with E-state index in [4.69, 9.17) is 9.47 Å². The lowest BCUT2D eigenvalue weighted by atomic mass is 9.86. The summed E-state index contributed by atoms with van der Waals surface area (Å²) in [7, 11) is 0. The maximum atomic E-state index is 12.6. The van der Waals surface area contributed by atoms with Gasteiger partial charge in [-0.2, -0.15) is 0 Å². The third-order valence-electron chi connectivity index (χ3n) is 8.05. The van der Waals surface area contributed by atoms with Crippen LogP contribution in [-0.4, -0.2) is 36.4 Å². The number of carbonyl (C=O) groups is 2. The summed E-state index contributed by atoms with van der Waals surface area (Å²) in [6, 6.07) is 22.5. The molecule has 0 aliphatic heterocycles. The zero-order valence-corrected chi connectivity index (χ0v) is 22.3. The number of benzene rings is 3. The first-order chi connectivity index (χ1) is 19.1.